The second kappa shape index (κ2) is 3.24. The van der Waals surface area contributed by atoms with E-state index in [0.29, 0.717) is 5.92 Å². The van der Waals surface area contributed by atoms with Gasteiger partial charge in [0, 0.05) is 0 Å². The van der Waals surface area contributed by atoms with Gasteiger partial charge in [-0.1, -0.05) is 34.1 Å². The van der Waals surface area contributed by atoms with Crippen LogP contribution >= 0.6 is 0 Å². The van der Waals surface area contributed by atoms with Crippen LogP contribution in [0.2, 0.25) is 0 Å². The summed E-state index contributed by atoms with van der Waals surface area (Å²) in [6.45, 7) is 14.4. The fourth-order valence-electron chi connectivity index (χ4n) is 0.637. The third-order valence-electron chi connectivity index (χ3n) is 1.31. The van der Waals surface area contributed by atoms with E-state index < -0.39 is 0 Å². The first-order chi connectivity index (χ1) is 3.92. The van der Waals surface area contributed by atoms with Crippen molar-refractivity contribution in [1.29, 1.82) is 0 Å². The van der Waals surface area contributed by atoms with Crippen LogP contribution in [-0.2, 0) is 0 Å². The Labute approximate surface area is 59.7 Å². The van der Waals surface area contributed by atoms with Crippen molar-refractivity contribution in [2.45, 2.75) is 33.6 Å². The van der Waals surface area contributed by atoms with Gasteiger partial charge in [0.05, 0.1) is 0 Å². The zero-order valence-electron chi connectivity index (χ0n) is 6.91. The molecule has 0 aliphatic rings. The highest BCUT2D eigenvalue weighted by Crippen LogP contribution is 2.22. The Hall–Kier alpha value is 0. The monoisotopic (exact) mass is 126 g/mol. The molecule has 0 aromatic rings. The van der Waals surface area contributed by atoms with Crippen LogP contribution < -0.4 is 0 Å². The Morgan fingerprint density at radius 2 is 1.89 bits per heavy atom. The Balaban J connectivity index is 3.28. The highest BCUT2D eigenvalue weighted by atomic mass is 14.2. The first kappa shape index (κ1) is 9.00. The van der Waals surface area contributed by atoms with E-state index in [1.165, 1.54) is 12.8 Å². The molecule has 0 spiro atoms. The molecule has 54 valence electrons. The van der Waals surface area contributed by atoms with Gasteiger partial charge >= 0.3 is 0 Å². The first-order valence-electron chi connectivity index (χ1n) is 3.60. The van der Waals surface area contributed by atoms with Gasteiger partial charge in [-0.3, -0.25) is 0 Å². The van der Waals surface area contributed by atoms with E-state index in [1.807, 2.05) is 0 Å². The van der Waals surface area contributed by atoms with Crippen molar-refractivity contribution in [3.8, 4) is 0 Å². The van der Waals surface area contributed by atoms with Crippen LogP contribution in [0.25, 0.3) is 0 Å². The number of hydrogen-bond acceptors (Lipinski definition) is 0. The molecular formula is C9H18. The molecule has 0 N–H and O–H groups in total. The van der Waals surface area contributed by atoms with E-state index in [1.54, 1.807) is 0 Å². The van der Waals surface area contributed by atoms with E-state index in [4.69, 9.17) is 0 Å². The molecule has 0 amide bonds. The van der Waals surface area contributed by atoms with Crippen molar-refractivity contribution < 1.29 is 0 Å². The molecule has 0 aromatic heterocycles. The van der Waals surface area contributed by atoms with Crippen LogP contribution in [0.15, 0.2) is 0 Å². The summed E-state index contributed by atoms with van der Waals surface area (Å²) in [5.41, 5.74) is 0.242. The maximum Gasteiger partial charge on any atom is -0.0354 e. The minimum Gasteiger partial charge on any atom is -0.0625 e. The van der Waals surface area contributed by atoms with Crippen molar-refractivity contribution in [2.24, 2.45) is 11.3 Å². The largest absolute Gasteiger partial charge is 0.0625 e. The van der Waals surface area contributed by atoms with Crippen molar-refractivity contribution in [3.63, 3.8) is 0 Å². The molecule has 0 saturated carbocycles. The van der Waals surface area contributed by atoms with Crippen LogP contribution in [-0.4, -0.2) is 0 Å². The minimum absolute atomic E-state index is 0.242. The van der Waals surface area contributed by atoms with E-state index in [9.17, 15) is 0 Å². The lowest BCUT2D eigenvalue weighted by molar-refractivity contribution is 0.391. The molecule has 0 aliphatic carbocycles. The molecule has 0 heteroatoms. The van der Waals surface area contributed by atoms with E-state index >= 15 is 0 Å². The topological polar surface area (TPSA) is 0 Å². The SMILES string of the molecule is [CH2]C(C)CCC([CH2])(C)C. The summed E-state index contributed by atoms with van der Waals surface area (Å²) in [6.07, 6.45) is 2.37. The van der Waals surface area contributed by atoms with Crippen LogP contribution in [0.4, 0.5) is 0 Å². The lowest BCUT2D eigenvalue weighted by Gasteiger charge is -2.18. The van der Waals surface area contributed by atoms with Gasteiger partial charge in [-0.25, -0.2) is 0 Å². The van der Waals surface area contributed by atoms with Crippen molar-refractivity contribution in [1.82, 2.24) is 0 Å². The quantitative estimate of drug-likeness (QED) is 0.545. The average Bonchev–Trinajstić information content (AvgIpc) is 1.59. The van der Waals surface area contributed by atoms with Gasteiger partial charge in [0.25, 0.3) is 0 Å². The van der Waals surface area contributed by atoms with Gasteiger partial charge in [-0.05, 0) is 24.7 Å². The third-order valence-corrected chi connectivity index (χ3v) is 1.31. The molecule has 2 radical (unpaired) electrons. The van der Waals surface area contributed by atoms with Crippen LogP contribution in [0, 0.1) is 25.2 Å². The second-order valence-corrected chi connectivity index (χ2v) is 3.81. The maximum absolute atomic E-state index is 4.01. The van der Waals surface area contributed by atoms with Crippen LogP contribution in [0.1, 0.15) is 33.6 Å². The lowest BCUT2D eigenvalue weighted by atomic mass is 9.88. The third kappa shape index (κ3) is 8.00. The Bertz CT molecular complexity index is 64.6. The van der Waals surface area contributed by atoms with Gasteiger partial charge in [-0.15, -0.1) is 0 Å². The highest BCUT2D eigenvalue weighted by molar-refractivity contribution is 4.71. The number of hydrogen-bond donors (Lipinski definition) is 0. The summed E-state index contributed by atoms with van der Waals surface area (Å²) in [5, 5.41) is 0. The normalized spacial score (nSPS) is 12.7. The van der Waals surface area contributed by atoms with Crippen LogP contribution in [0.5, 0.6) is 0 Å². The van der Waals surface area contributed by atoms with Crippen molar-refractivity contribution >= 4 is 0 Å². The van der Waals surface area contributed by atoms with E-state index in [2.05, 4.69) is 34.6 Å². The van der Waals surface area contributed by atoms with Gasteiger partial charge < -0.3 is 0 Å². The molecule has 9 heavy (non-hydrogen) atoms. The summed E-state index contributed by atoms with van der Waals surface area (Å²) in [7, 11) is 0. The summed E-state index contributed by atoms with van der Waals surface area (Å²) in [5.74, 6) is 0.575. The predicted octanol–water partition coefficient (Wildman–Crippen LogP) is 3.10. The Morgan fingerprint density at radius 3 is 2.00 bits per heavy atom. The smallest absolute Gasteiger partial charge is 0.0354 e. The molecular weight excluding hydrogens is 108 g/mol. The molecule has 0 nitrogen and oxygen atoms in total. The molecule has 1 unspecified atom stereocenters. The Morgan fingerprint density at radius 1 is 1.44 bits per heavy atom. The van der Waals surface area contributed by atoms with Crippen LogP contribution in [0.3, 0.4) is 0 Å². The summed E-state index contributed by atoms with van der Waals surface area (Å²) >= 11 is 0. The molecule has 1 atom stereocenters. The molecule has 0 aliphatic heterocycles. The summed E-state index contributed by atoms with van der Waals surface area (Å²) in [6, 6.07) is 0. The summed E-state index contributed by atoms with van der Waals surface area (Å²) in [4.78, 5) is 0. The van der Waals surface area contributed by atoms with E-state index in [-0.39, 0.29) is 5.41 Å². The first-order valence-corrected chi connectivity index (χ1v) is 3.60. The van der Waals surface area contributed by atoms with Gasteiger partial charge in [0.2, 0.25) is 0 Å². The fourth-order valence-corrected chi connectivity index (χ4v) is 0.637. The fraction of sp³-hybridized carbons (Fsp3) is 0.778. The molecule has 0 rings (SSSR count). The predicted molar refractivity (Wildman–Crippen MR) is 42.9 cm³/mol. The summed E-state index contributed by atoms with van der Waals surface area (Å²) < 4.78 is 0. The van der Waals surface area contributed by atoms with E-state index in [0.717, 1.165) is 0 Å². The molecule has 0 aromatic carbocycles. The lowest BCUT2D eigenvalue weighted by Crippen LogP contribution is -2.06. The molecule has 0 saturated heterocycles. The highest BCUT2D eigenvalue weighted by Gasteiger charge is 2.09. The second-order valence-electron chi connectivity index (χ2n) is 3.81. The number of rotatable bonds is 3. The zero-order chi connectivity index (χ0) is 7.49. The minimum atomic E-state index is 0.242. The Kier molecular flexibility index (Phi) is 3.24. The zero-order valence-corrected chi connectivity index (χ0v) is 6.91. The van der Waals surface area contributed by atoms with Crippen molar-refractivity contribution in [2.75, 3.05) is 0 Å². The molecule has 0 bridgehead atoms. The average molecular weight is 126 g/mol. The van der Waals surface area contributed by atoms with Crippen molar-refractivity contribution in [3.05, 3.63) is 13.8 Å². The van der Waals surface area contributed by atoms with Gasteiger partial charge in [0.1, 0.15) is 0 Å². The standard InChI is InChI=1S/C9H18/c1-8(2)6-7-9(3,4)5/h8H,1,3,6-7H2,2,4-5H3. The maximum atomic E-state index is 4.01. The molecule has 0 fully saturated rings. The van der Waals surface area contributed by atoms with Gasteiger partial charge in [-0.2, -0.15) is 0 Å². The van der Waals surface area contributed by atoms with Gasteiger partial charge in [0.15, 0.2) is 0 Å². The molecule has 0 heterocycles.